The largest absolute Gasteiger partial charge is 0.386 e. The van der Waals surface area contributed by atoms with Crippen molar-refractivity contribution >= 4 is 5.71 Å². The maximum Gasteiger partial charge on any atom is 0.0409 e. The third-order valence-electron chi connectivity index (χ3n) is 5.98. The molecule has 0 heterocycles. The molecule has 2 aromatic rings. The minimum absolute atomic E-state index is 0.312. The number of benzene rings is 2. The average Bonchev–Trinajstić information content (AvgIpc) is 2.79. The van der Waals surface area contributed by atoms with Crippen molar-refractivity contribution < 1.29 is 0 Å². The van der Waals surface area contributed by atoms with Crippen LogP contribution in [-0.2, 0) is 6.54 Å². The summed E-state index contributed by atoms with van der Waals surface area (Å²) in [6.45, 7) is 12.0. The summed E-state index contributed by atoms with van der Waals surface area (Å²) < 4.78 is 0. The van der Waals surface area contributed by atoms with Crippen LogP contribution in [0.2, 0.25) is 0 Å². The van der Waals surface area contributed by atoms with Gasteiger partial charge < -0.3 is 16.0 Å². The lowest BCUT2D eigenvalue weighted by molar-refractivity contribution is 0.511. The van der Waals surface area contributed by atoms with E-state index in [4.69, 9.17) is 5.41 Å². The second-order valence-corrected chi connectivity index (χ2v) is 8.64. The van der Waals surface area contributed by atoms with E-state index >= 15 is 0 Å². The van der Waals surface area contributed by atoms with E-state index in [1.54, 1.807) is 0 Å². The third-order valence-corrected chi connectivity index (χ3v) is 5.98. The maximum absolute atomic E-state index is 8.78. The first-order valence-electron chi connectivity index (χ1n) is 11.1. The van der Waals surface area contributed by atoms with E-state index in [0.717, 1.165) is 42.7 Å². The molecule has 0 aromatic heterocycles. The summed E-state index contributed by atoms with van der Waals surface area (Å²) in [5, 5.41) is 16.1. The quantitative estimate of drug-likeness (QED) is 0.433. The predicted octanol–water partition coefficient (Wildman–Crippen LogP) is 6.13. The molecule has 0 bridgehead atoms. The van der Waals surface area contributed by atoms with E-state index in [2.05, 4.69) is 91.7 Å². The molecule has 1 aliphatic carbocycles. The van der Waals surface area contributed by atoms with Gasteiger partial charge in [0.25, 0.3) is 0 Å². The lowest BCUT2D eigenvalue weighted by Crippen LogP contribution is -2.37. The molecule has 31 heavy (non-hydrogen) atoms. The molecule has 0 saturated carbocycles. The Bertz CT molecular complexity index is 954. The standard InChI is InChI=1S/C28H35N3/c1-20(2)21(3)15-26-27(29)16-25(24-13-9-6-10-14-24)17-28(26)31-18-22(4)30-19-23-11-7-5-8-12-23/h5-15,22,25,29-31H,1,16-19H2,2-4H3/b21-15+,29-27?. The maximum atomic E-state index is 8.78. The highest BCUT2D eigenvalue weighted by molar-refractivity contribution is 6.02. The summed E-state index contributed by atoms with van der Waals surface area (Å²) in [7, 11) is 0. The van der Waals surface area contributed by atoms with Crippen LogP contribution in [0.1, 0.15) is 50.7 Å². The van der Waals surface area contributed by atoms with E-state index in [9.17, 15) is 0 Å². The minimum atomic E-state index is 0.312. The number of allylic oxidation sites excluding steroid dienone is 5. The molecule has 0 saturated heterocycles. The van der Waals surface area contributed by atoms with Crippen LogP contribution in [0.3, 0.4) is 0 Å². The fourth-order valence-electron chi connectivity index (χ4n) is 3.85. The van der Waals surface area contributed by atoms with Crippen LogP contribution < -0.4 is 10.6 Å². The summed E-state index contributed by atoms with van der Waals surface area (Å²) >= 11 is 0. The van der Waals surface area contributed by atoms with Gasteiger partial charge in [-0.05, 0) is 62.3 Å². The SMILES string of the molecule is C=C(C)/C(C)=C/C1=C(NCC(C)NCc2ccccc2)CC(c2ccccc2)CC1=N. The Labute approximate surface area is 187 Å². The highest BCUT2D eigenvalue weighted by Gasteiger charge is 2.25. The molecule has 2 atom stereocenters. The molecular formula is C28H35N3. The van der Waals surface area contributed by atoms with Crippen LogP contribution in [0.15, 0.2) is 95.7 Å². The zero-order chi connectivity index (χ0) is 22.2. The van der Waals surface area contributed by atoms with E-state index < -0.39 is 0 Å². The van der Waals surface area contributed by atoms with Crippen LogP contribution in [0.5, 0.6) is 0 Å². The lowest BCUT2D eigenvalue weighted by atomic mass is 9.80. The molecule has 3 N–H and O–H groups in total. The first-order chi connectivity index (χ1) is 14.9. The Morgan fingerprint density at radius 2 is 1.71 bits per heavy atom. The van der Waals surface area contributed by atoms with E-state index in [-0.39, 0.29) is 0 Å². The van der Waals surface area contributed by atoms with Gasteiger partial charge in [0.1, 0.15) is 0 Å². The van der Waals surface area contributed by atoms with Gasteiger partial charge >= 0.3 is 0 Å². The van der Waals surface area contributed by atoms with Crippen molar-refractivity contribution in [3.63, 3.8) is 0 Å². The van der Waals surface area contributed by atoms with Crippen molar-refractivity contribution in [1.82, 2.24) is 10.6 Å². The third kappa shape index (κ3) is 6.53. The molecule has 0 aliphatic heterocycles. The summed E-state index contributed by atoms with van der Waals surface area (Å²) in [6, 6.07) is 21.4. The molecule has 0 radical (unpaired) electrons. The minimum Gasteiger partial charge on any atom is -0.386 e. The monoisotopic (exact) mass is 413 g/mol. The van der Waals surface area contributed by atoms with Gasteiger partial charge in [-0.2, -0.15) is 0 Å². The molecule has 0 amide bonds. The molecule has 1 aliphatic rings. The smallest absolute Gasteiger partial charge is 0.0409 e. The van der Waals surface area contributed by atoms with Gasteiger partial charge in [-0.25, -0.2) is 0 Å². The second kappa shape index (κ2) is 10.9. The van der Waals surface area contributed by atoms with Gasteiger partial charge in [0.2, 0.25) is 0 Å². The number of nitrogens with one attached hydrogen (secondary N) is 3. The zero-order valence-corrected chi connectivity index (χ0v) is 19.0. The average molecular weight is 414 g/mol. The van der Waals surface area contributed by atoms with Crippen LogP contribution >= 0.6 is 0 Å². The van der Waals surface area contributed by atoms with Crippen LogP contribution in [0.4, 0.5) is 0 Å². The van der Waals surface area contributed by atoms with Gasteiger partial charge in [-0.1, -0.05) is 72.8 Å². The summed E-state index contributed by atoms with van der Waals surface area (Å²) in [5.41, 5.74) is 7.67. The van der Waals surface area contributed by atoms with Crippen LogP contribution in [0, 0.1) is 5.41 Å². The van der Waals surface area contributed by atoms with Crippen molar-refractivity contribution in [3.05, 3.63) is 107 Å². The molecule has 2 aromatic carbocycles. The number of hydrogen-bond acceptors (Lipinski definition) is 3. The Kier molecular flexibility index (Phi) is 8.02. The Hall–Kier alpha value is -2.91. The Morgan fingerprint density at radius 1 is 1.06 bits per heavy atom. The van der Waals surface area contributed by atoms with Crippen molar-refractivity contribution in [2.75, 3.05) is 6.54 Å². The number of hydrogen-bond donors (Lipinski definition) is 3. The van der Waals surface area contributed by atoms with Crippen molar-refractivity contribution in [2.45, 2.75) is 52.1 Å². The van der Waals surface area contributed by atoms with Crippen molar-refractivity contribution in [3.8, 4) is 0 Å². The molecule has 0 spiro atoms. The van der Waals surface area contributed by atoms with Crippen molar-refractivity contribution in [1.29, 1.82) is 5.41 Å². The molecular weight excluding hydrogens is 378 g/mol. The Morgan fingerprint density at radius 3 is 2.35 bits per heavy atom. The topological polar surface area (TPSA) is 47.9 Å². The van der Waals surface area contributed by atoms with Gasteiger partial charge in [0.05, 0.1) is 0 Å². The molecule has 162 valence electrons. The highest BCUT2D eigenvalue weighted by atomic mass is 15.0. The normalized spacial score (nSPS) is 18.1. The van der Waals surface area contributed by atoms with Gasteiger partial charge in [0, 0.05) is 36.1 Å². The van der Waals surface area contributed by atoms with Crippen LogP contribution in [0.25, 0.3) is 0 Å². The highest BCUT2D eigenvalue weighted by Crippen LogP contribution is 2.34. The summed E-state index contributed by atoms with van der Waals surface area (Å²) in [5.74, 6) is 0.339. The summed E-state index contributed by atoms with van der Waals surface area (Å²) in [6.07, 6.45) is 3.83. The van der Waals surface area contributed by atoms with E-state index in [1.807, 2.05) is 13.0 Å². The predicted molar refractivity (Wildman–Crippen MR) is 132 cm³/mol. The van der Waals surface area contributed by atoms with Gasteiger partial charge in [-0.15, -0.1) is 0 Å². The molecule has 0 fully saturated rings. The molecule has 3 nitrogen and oxygen atoms in total. The molecule has 2 unspecified atom stereocenters. The fraction of sp³-hybridized carbons (Fsp3) is 0.321. The number of rotatable bonds is 9. The lowest BCUT2D eigenvalue weighted by Gasteiger charge is -2.29. The van der Waals surface area contributed by atoms with Crippen molar-refractivity contribution in [2.24, 2.45) is 0 Å². The Balaban J connectivity index is 1.74. The first-order valence-corrected chi connectivity index (χ1v) is 11.1. The van der Waals surface area contributed by atoms with E-state index in [1.165, 1.54) is 16.8 Å². The summed E-state index contributed by atoms with van der Waals surface area (Å²) in [4.78, 5) is 0. The molecule has 3 rings (SSSR count). The fourth-order valence-corrected chi connectivity index (χ4v) is 3.85. The van der Waals surface area contributed by atoms with Crippen LogP contribution in [-0.4, -0.2) is 18.3 Å². The second-order valence-electron chi connectivity index (χ2n) is 8.64. The van der Waals surface area contributed by atoms with Gasteiger partial charge in [0.15, 0.2) is 0 Å². The zero-order valence-electron chi connectivity index (χ0n) is 19.0. The van der Waals surface area contributed by atoms with Gasteiger partial charge in [-0.3, -0.25) is 0 Å². The first kappa shape index (κ1) is 22.8. The molecule has 3 heteroatoms. The van der Waals surface area contributed by atoms with E-state index in [0.29, 0.717) is 17.7 Å².